The molecule has 0 aromatic heterocycles. The van der Waals surface area contributed by atoms with Crippen LogP contribution < -0.4 is 10.5 Å². The molecule has 5 heteroatoms. The molecule has 118 valence electrons. The van der Waals surface area contributed by atoms with Crippen LogP contribution in [-0.2, 0) is 16.0 Å². The van der Waals surface area contributed by atoms with Crippen LogP contribution in [0.25, 0.3) is 0 Å². The van der Waals surface area contributed by atoms with Gasteiger partial charge in [-0.1, -0.05) is 32.4 Å². The highest BCUT2D eigenvalue weighted by molar-refractivity contribution is 5.71. The zero-order chi connectivity index (χ0) is 15.7. The van der Waals surface area contributed by atoms with Crippen LogP contribution in [0.2, 0.25) is 0 Å². The Balaban J connectivity index is 2.62. The number of carbonyl (C=O) groups excluding carboxylic acids is 1. The van der Waals surface area contributed by atoms with Gasteiger partial charge in [0.25, 0.3) is 0 Å². The lowest BCUT2D eigenvalue weighted by molar-refractivity contribution is -0.146. The lowest BCUT2D eigenvalue weighted by atomic mass is 10.0. The highest BCUT2D eigenvalue weighted by Gasteiger charge is 2.14. The molecule has 1 aromatic rings. The summed E-state index contributed by atoms with van der Waals surface area (Å²) in [7, 11) is 0. The molecule has 0 amide bonds. The molecule has 0 spiro atoms. The Morgan fingerprint density at radius 3 is 2.81 bits per heavy atom. The highest BCUT2D eigenvalue weighted by Crippen LogP contribution is 2.24. The number of esters is 1. The summed E-state index contributed by atoms with van der Waals surface area (Å²) in [6.07, 6.45) is 3.05. The lowest BCUT2D eigenvalue weighted by Crippen LogP contribution is -2.22. The molecule has 1 atom stereocenters. The minimum Gasteiger partial charge on any atom is -0.479 e. The lowest BCUT2D eigenvalue weighted by Gasteiger charge is -2.14. The molecule has 1 rings (SSSR count). The van der Waals surface area contributed by atoms with E-state index in [-0.39, 0.29) is 18.4 Å². The SMILES string of the molecule is CCCCOC(=O)COc1c(F)cccc1CC(N)CC. The second kappa shape index (κ2) is 9.34. The number of benzene rings is 1. The molecule has 1 aromatic carbocycles. The molecule has 0 saturated carbocycles. The van der Waals surface area contributed by atoms with Gasteiger partial charge in [-0.15, -0.1) is 0 Å². The molecule has 0 bridgehead atoms. The monoisotopic (exact) mass is 297 g/mol. The van der Waals surface area contributed by atoms with Crippen LogP contribution in [0.1, 0.15) is 38.7 Å². The third kappa shape index (κ3) is 6.12. The number of unbranched alkanes of at least 4 members (excludes halogenated alkanes) is 1. The Bertz CT molecular complexity index is 451. The van der Waals surface area contributed by atoms with Crippen molar-refractivity contribution in [1.82, 2.24) is 0 Å². The summed E-state index contributed by atoms with van der Waals surface area (Å²) in [6, 6.07) is 4.61. The van der Waals surface area contributed by atoms with E-state index < -0.39 is 11.8 Å². The third-order valence-corrected chi connectivity index (χ3v) is 3.15. The molecule has 0 saturated heterocycles. The third-order valence-electron chi connectivity index (χ3n) is 3.15. The van der Waals surface area contributed by atoms with Crippen LogP contribution in [0.3, 0.4) is 0 Å². The number of carbonyl (C=O) groups is 1. The van der Waals surface area contributed by atoms with E-state index in [1.165, 1.54) is 6.07 Å². The van der Waals surface area contributed by atoms with Crippen molar-refractivity contribution in [3.63, 3.8) is 0 Å². The first kappa shape index (κ1) is 17.4. The molecular formula is C16H24FNO3. The average Bonchev–Trinajstić information content (AvgIpc) is 2.46. The second-order valence-electron chi connectivity index (χ2n) is 4.96. The van der Waals surface area contributed by atoms with Gasteiger partial charge in [0.15, 0.2) is 18.2 Å². The van der Waals surface area contributed by atoms with Crippen molar-refractivity contribution >= 4 is 5.97 Å². The number of rotatable bonds is 9. The van der Waals surface area contributed by atoms with Gasteiger partial charge >= 0.3 is 5.97 Å². The van der Waals surface area contributed by atoms with Crippen molar-refractivity contribution in [3.05, 3.63) is 29.6 Å². The topological polar surface area (TPSA) is 61.5 Å². The van der Waals surface area contributed by atoms with E-state index in [1.54, 1.807) is 12.1 Å². The Morgan fingerprint density at radius 1 is 1.38 bits per heavy atom. The molecule has 0 aliphatic heterocycles. The molecule has 0 radical (unpaired) electrons. The molecule has 0 fully saturated rings. The zero-order valence-corrected chi connectivity index (χ0v) is 12.7. The van der Waals surface area contributed by atoms with Gasteiger partial charge in [0.05, 0.1) is 6.61 Å². The van der Waals surface area contributed by atoms with Crippen LogP contribution in [-0.4, -0.2) is 25.2 Å². The van der Waals surface area contributed by atoms with Crippen molar-refractivity contribution < 1.29 is 18.7 Å². The van der Waals surface area contributed by atoms with E-state index in [4.69, 9.17) is 15.2 Å². The Labute approximate surface area is 125 Å². The van der Waals surface area contributed by atoms with E-state index in [2.05, 4.69) is 0 Å². The molecule has 4 nitrogen and oxygen atoms in total. The smallest absolute Gasteiger partial charge is 0.344 e. The van der Waals surface area contributed by atoms with Gasteiger partial charge in [-0.05, 0) is 30.9 Å². The number of ether oxygens (including phenoxy) is 2. The van der Waals surface area contributed by atoms with Crippen molar-refractivity contribution in [2.24, 2.45) is 5.73 Å². The molecular weight excluding hydrogens is 273 g/mol. The minimum absolute atomic E-state index is 0.0642. The first-order chi connectivity index (χ1) is 10.1. The summed E-state index contributed by atoms with van der Waals surface area (Å²) in [5, 5.41) is 0. The normalized spacial score (nSPS) is 12.0. The zero-order valence-electron chi connectivity index (χ0n) is 12.7. The van der Waals surface area contributed by atoms with Crippen LogP contribution in [0.4, 0.5) is 4.39 Å². The van der Waals surface area contributed by atoms with Crippen molar-refractivity contribution in [2.75, 3.05) is 13.2 Å². The summed E-state index contributed by atoms with van der Waals surface area (Å²) in [6.45, 7) is 4.05. The molecule has 0 heterocycles. The van der Waals surface area contributed by atoms with Crippen LogP contribution in [0.5, 0.6) is 5.75 Å². The standard InChI is InChI=1S/C16H24FNO3/c1-3-5-9-20-15(19)11-21-16-12(10-13(18)4-2)7-6-8-14(16)17/h6-8,13H,3-5,9-11,18H2,1-2H3. The molecule has 0 aliphatic rings. The maximum absolute atomic E-state index is 13.8. The van der Waals surface area contributed by atoms with Gasteiger partial charge in [-0.2, -0.15) is 0 Å². The quantitative estimate of drug-likeness (QED) is 0.562. The predicted octanol–water partition coefficient (Wildman–Crippen LogP) is 2.83. The van der Waals surface area contributed by atoms with E-state index in [0.29, 0.717) is 18.6 Å². The van der Waals surface area contributed by atoms with Crippen LogP contribution in [0, 0.1) is 5.82 Å². The second-order valence-corrected chi connectivity index (χ2v) is 4.96. The number of nitrogens with two attached hydrogens (primary N) is 1. The van der Waals surface area contributed by atoms with E-state index in [0.717, 1.165) is 19.3 Å². The summed E-state index contributed by atoms with van der Waals surface area (Å²) in [5.74, 6) is -0.886. The fourth-order valence-corrected chi connectivity index (χ4v) is 1.81. The minimum atomic E-state index is -0.489. The largest absolute Gasteiger partial charge is 0.479 e. The Hall–Kier alpha value is -1.62. The molecule has 21 heavy (non-hydrogen) atoms. The van der Waals surface area contributed by atoms with Crippen molar-refractivity contribution in [1.29, 1.82) is 0 Å². The maximum atomic E-state index is 13.8. The van der Waals surface area contributed by atoms with Crippen molar-refractivity contribution in [3.8, 4) is 5.75 Å². The highest BCUT2D eigenvalue weighted by atomic mass is 19.1. The Morgan fingerprint density at radius 2 is 2.14 bits per heavy atom. The number of hydrogen-bond acceptors (Lipinski definition) is 4. The fourth-order valence-electron chi connectivity index (χ4n) is 1.81. The molecule has 2 N–H and O–H groups in total. The fraction of sp³-hybridized carbons (Fsp3) is 0.562. The first-order valence-corrected chi connectivity index (χ1v) is 7.39. The summed E-state index contributed by atoms with van der Waals surface area (Å²) < 4.78 is 24.1. The first-order valence-electron chi connectivity index (χ1n) is 7.39. The summed E-state index contributed by atoms with van der Waals surface area (Å²) in [4.78, 5) is 11.5. The van der Waals surface area contributed by atoms with Gasteiger partial charge in [-0.25, -0.2) is 9.18 Å². The van der Waals surface area contributed by atoms with Gasteiger partial charge in [0.1, 0.15) is 0 Å². The van der Waals surface area contributed by atoms with E-state index >= 15 is 0 Å². The average molecular weight is 297 g/mol. The van der Waals surface area contributed by atoms with E-state index in [9.17, 15) is 9.18 Å². The molecule has 0 aliphatic carbocycles. The maximum Gasteiger partial charge on any atom is 0.344 e. The van der Waals surface area contributed by atoms with Gasteiger partial charge in [0, 0.05) is 6.04 Å². The van der Waals surface area contributed by atoms with Gasteiger partial charge < -0.3 is 15.2 Å². The van der Waals surface area contributed by atoms with Gasteiger partial charge in [0.2, 0.25) is 0 Å². The number of halogens is 1. The Kier molecular flexibility index (Phi) is 7.75. The number of para-hydroxylation sites is 1. The molecule has 1 unspecified atom stereocenters. The van der Waals surface area contributed by atoms with Crippen LogP contribution >= 0.6 is 0 Å². The summed E-state index contributed by atoms with van der Waals surface area (Å²) >= 11 is 0. The van der Waals surface area contributed by atoms with E-state index in [1.807, 2.05) is 13.8 Å². The van der Waals surface area contributed by atoms with Crippen molar-refractivity contribution in [2.45, 2.75) is 45.6 Å². The van der Waals surface area contributed by atoms with Gasteiger partial charge in [-0.3, -0.25) is 0 Å². The predicted molar refractivity (Wildman–Crippen MR) is 79.7 cm³/mol. The summed E-state index contributed by atoms with van der Waals surface area (Å²) in [5.41, 5.74) is 6.56. The van der Waals surface area contributed by atoms with Crippen LogP contribution in [0.15, 0.2) is 18.2 Å². The number of hydrogen-bond donors (Lipinski definition) is 1.